The Labute approximate surface area is 157 Å². The lowest BCUT2D eigenvalue weighted by atomic mass is 10.1. The van der Waals surface area contributed by atoms with Gasteiger partial charge in [-0.2, -0.15) is 0 Å². The van der Waals surface area contributed by atoms with Crippen LogP contribution in [0.15, 0.2) is 42.5 Å². The van der Waals surface area contributed by atoms with E-state index in [1.807, 2.05) is 12.1 Å². The van der Waals surface area contributed by atoms with Crippen molar-refractivity contribution in [1.29, 1.82) is 0 Å². The first-order valence-electron chi connectivity index (χ1n) is 8.48. The Hall–Kier alpha value is -3.22. The molecule has 1 amide bonds. The highest BCUT2D eigenvalue weighted by Gasteiger charge is 2.17. The molecular formula is C20H23NO6. The summed E-state index contributed by atoms with van der Waals surface area (Å²) in [6.45, 7) is 0.676. The Balaban J connectivity index is 1.91. The minimum Gasteiger partial charge on any atom is -0.496 e. The largest absolute Gasteiger partial charge is 0.496 e. The number of amides is 1. The van der Waals surface area contributed by atoms with Crippen molar-refractivity contribution in [3.63, 3.8) is 0 Å². The molecule has 2 rings (SSSR count). The van der Waals surface area contributed by atoms with E-state index in [1.54, 1.807) is 30.3 Å². The highest BCUT2D eigenvalue weighted by Crippen LogP contribution is 2.28. The van der Waals surface area contributed by atoms with Crippen LogP contribution in [0, 0.1) is 0 Å². The first-order chi connectivity index (χ1) is 13.0. The third-order valence-electron chi connectivity index (χ3n) is 3.84. The van der Waals surface area contributed by atoms with Crippen LogP contribution in [0.1, 0.15) is 28.8 Å². The molecule has 0 radical (unpaired) electrons. The maximum absolute atomic E-state index is 12.5. The fourth-order valence-electron chi connectivity index (χ4n) is 2.46. The van der Waals surface area contributed by atoms with Gasteiger partial charge in [0.15, 0.2) is 0 Å². The lowest BCUT2D eigenvalue weighted by Gasteiger charge is -2.13. The monoisotopic (exact) mass is 373 g/mol. The minimum absolute atomic E-state index is 0.0799. The van der Waals surface area contributed by atoms with Gasteiger partial charge in [0.25, 0.3) is 5.91 Å². The SMILES string of the molecule is COc1cccc(OC)c1C(=O)NCc1ccc(OCCCC(=O)O)cc1. The van der Waals surface area contributed by atoms with Crippen LogP contribution < -0.4 is 19.5 Å². The third-order valence-corrected chi connectivity index (χ3v) is 3.84. The van der Waals surface area contributed by atoms with Crippen molar-refractivity contribution in [2.24, 2.45) is 0 Å². The summed E-state index contributed by atoms with van der Waals surface area (Å²) in [5, 5.41) is 11.4. The number of nitrogens with one attached hydrogen (secondary N) is 1. The van der Waals surface area contributed by atoms with E-state index in [0.29, 0.717) is 42.4 Å². The molecule has 144 valence electrons. The maximum atomic E-state index is 12.5. The number of carbonyl (C=O) groups is 2. The number of hydrogen-bond acceptors (Lipinski definition) is 5. The van der Waals surface area contributed by atoms with Crippen molar-refractivity contribution in [2.45, 2.75) is 19.4 Å². The van der Waals surface area contributed by atoms with E-state index in [1.165, 1.54) is 14.2 Å². The molecular weight excluding hydrogens is 350 g/mol. The lowest BCUT2D eigenvalue weighted by Crippen LogP contribution is -2.24. The smallest absolute Gasteiger partial charge is 0.303 e. The van der Waals surface area contributed by atoms with Crippen molar-refractivity contribution in [1.82, 2.24) is 5.32 Å². The van der Waals surface area contributed by atoms with E-state index in [9.17, 15) is 9.59 Å². The van der Waals surface area contributed by atoms with Gasteiger partial charge in [-0.3, -0.25) is 9.59 Å². The van der Waals surface area contributed by atoms with Crippen LogP contribution in [0.5, 0.6) is 17.2 Å². The van der Waals surface area contributed by atoms with E-state index < -0.39 is 5.97 Å². The van der Waals surface area contributed by atoms with Crippen molar-refractivity contribution in [3.8, 4) is 17.2 Å². The van der Waals surface area contributed by atoms with E-state index in [2.05, 4.69) is 5.32 Å². The van der Waals surface area contributed by atoms with Crippen LogP contribution in [0.25, 0.3) is 0 Å². The Morgan fingerprint density at radius 1 is 1.00 bits per heavy atom. The average Bonchev–Trinajstić information content (AvgIpc) is 2.69. The van der Waals surface area contributed by atoms with Gasteiger partial charge >= 0.3 is 5.97 Å². The summed E-state index contributed by atoms with van der Waals surface area (Å²) in [5.41, 5.74) is 1.25. The van der Waals surface area contributed by atoms with Gasteiger partial charge in [-0.05, 0) is 36.2 Å². The number of carboxylic acids is 1. The van der Waals surface area contributed by atoms with Crippen LogP contribution in [-0.4, -0.2) is 37.8 Å². The van der Waals surface area contributed by atoms with Gasteiger partial charge in [-0.1, -0.05) is 18.2 Å². The molecule has 0 aromatic heterocycles. The summed E-state index contributed by atoms with van der Waals surface area (Å²) in [6.07, 6.45) is 0.532. The summed E-state index contributed by atoms with van der Waals surface area (Å²) < 4.78 is 16.0. The lowest BCUT2D eigenvalue weighted by molar-refractivity contribution is -0.137. The minimum atomic E-state index is -0.837. The van der Waals surface area contributed by atoms with E-state index in [-0.39, 0.29) is 12.3 Å². The first-order valence-corrected chi connectivity index (χ1v) is 8.48. The molecule has 0 heterocycles. The molecule has 0 unspecified atom stereocenters. The van der Waals surface area contributed by atoms with Crippen LogP contribution in [0.3, 0.4) is 0 Å². The Bertz CT molecular complexity index is 750. The second-order valence-electron chi connectivity index (χ2n) is 5.71. The van der Waals surface area contributed by atoms with Crippen molar-refractivity contribution >= 4 is 11.9 Å². The first kappa shape index (κ1) is 20.1. The quantitative estimate of drug-likeness (QED) is 0.622. The molecule has 0 saturated carbocycles. The van der Waals surface area contributed by atoms with Gasteiger partial charge in [0.05, 0.1) is 20.8 Å². The molecule has 0 aliphatic rings. The third kappa shape index (κ3) is 5.91. The number of hydrogen-bond donors (Lipinski definition) is 2. The number of ether oxygens (including phenoxy) is 3. The van der Waals surface area contributed by atoms with Gasteiger partial charge in [-0.15, -0.1) is 0 Å². The zero-order chi connectivity index (χ0) is 19.6. The standard InChI is InChI=1S/C20H23NO6/c1-25-16-5-3-6-17(26-2)19(16)20(24)21-13-14-8-10-15(11-9-14)27-12-4-7-18(22)23/h3,5-6,8-11H,4,7,12-13H2,1-2H3,(H,21,24)(H,22,23). The number of methoxy groups -OCH3 is 2. The highest BCUT2D eigenvalue weighted by atomic mass is 16.5. The van der Waals surface area contributed by atoms with Crippen molar-refractivity contribution < 1.29 is 28.9 Å². The zero-order valence-corrected chi connectivity index (χ0v) is 15.4. The van der Waals surface area contributed by atoms with Crippen molar-refractivity contribution in [2.75, 3.05) is 20.8 Å². The molecule has 2 aromatic rings. The van der Waals surface area contributed by atoms with Crippen LogP contribution in [-0.2, 0) is 11.3 Å². The fourth-order valence-corrected chi connectivity index (χ4v) is 2.46. The molecule has 0 saturated heterocycles. The van der Waals surface area contributed by atoms with Crippen LogP contribution in [0.2, 0.25) is 0 Å². The molecule has 0 bridgehead atoms. The molecule has 0 aliphatic heterocycles. The maximum Gasteiger partial charge on any atom is 0.303 e. The molecule has 27 heavy (non-hydrogen) atoms. The van der Waals surface area contributed by atoms with E-state index in [0.717, 1.165) is 5.56 Å². The summed E-state index contributed by atoms with van der Waals surface area (Å²) >= 11 is 0. The summed E-state index contributed by atoms with van der Waals surface area (Å²) in [7, 11) is 3.00. The van der Waals surface area contributed by atoms with Gasteiger partial charge in [0.2, 0.25) is 0 Å². The van der Waals surface area contributed by atoms with Crippen molar-refractivity contribution in [3.05, 3.63) is 53.6 Å². The number of aliphatic carboxylic acids is 1. The van der Waals surface area contributed by atoms with E-state index >= 15 is 0 Å². The normalized spacial score (nSPS) is 10.1. The average molecular weight is 373 g/mol. The molecule has 0 fully saturated rings. The second kappa shape index (κ2) is 10.1. The Morgan fingerprint density at radius 3 is 2.19 bits per heavy atom. The Morgan fingerprint density at radius 2 is 1.63 bits per heavy atom. The Kier molecular flexibility index (Phi) is 7.49. The molecule has 0 atom stereocenters. The molecule has 2 N–H and O–H groups in total. The fraction of sp³-hybridized carbons (Fsp3) is 0.300. The summed E-state index contributed by atoms with van der Waals surface area (Å²) in [4.78, 5) is 23.0. The number of rotatable bonds is 10. The molecule has 0 spiro atoms. The van der Waals surface area contributed by atoms with Gasteiger partial charge < -0.3 is 24.6 Å². The number of benzene rings is 2. The van der Waals surface area contributed by atoms with Gasteiger partial charge in [-0.25, -0.2) is 0 Å². The molecule has 0 aliphatic carbocycles. The van der Waals surface area contributed by atoms with E-state index in [4.69, 9.17) is 19.3 Å². The second-order valence-corrected chi connectivity index (χ2v) is 5.71. The number of carboxylic acid groups (broad SMARTS) is 1. The van der Waals surface area contributed by atoms with Crippen LogP contribution >= 0.6 is 0 Å². The number of carbonyl (C=O) groups excluding carboxylic acids is 1. The summed E-state index contributed by atoms with van der Waals surface area (Å²) in [5.74, 6) is 0.408. The molecule has 2 aromatic carbocycles. The highest BCUT2D eigenvalue weighted by molar-refractivity contribution is 5.99. The predicted molar refractivity (Wildman–Crippen MR) is 99.5 cm³/mol. The molecule has 7 nitrogen and oxygen atoms in total. The zero-order valence-electron chi connectivity index (χ0n) is 15.4. The predicted octanol–water partition coefficient (Wildman–Crippen LogP) is 2.88. The summed E-state index contributed by atoms with van der Waals surface area (Å²) in [6, 6.07) is 12.4. The molecule has 7 heteroatoms. The van der Waals surface area contributed by atoms with Gasteiger partial charge in [0, 0.05) is 13.0 Å². The van der Waals surface area contributed by atoms with Crippen LogP contribution in [0.4, 0.5) is 0 Å². The van der Waals surface area contributed by atoms with Gasteiger partial charge in [0.1, 0.15) is 22.8 Å². The topological polar surface area (TPSA) is 94.1 Å².